The number of fused-ring (bicyclic) bond motifs is 1. The Morgan fingerprint density at radius 3 is 3.25 bits per heavy atom. The van der Waals surface area contributed by atoms with Crippen LogP contribution >= 0.6 is 0 Å². The maximum atomic E-state index is 12.1. The predicted molar refractivity (Wildman–Crippen MR) is 78.6 cm³/mol. The molecule has 1 unspecified atom stereocenters. The first kappa shape index (κ1) is 13.4. The second kappa shape index (κ2) is 5.41. The Kier molecular flexibility index (Phi) is 3.62. The van der Waals surface area contributed by atoms with E-state index < -0.39 is 0 Å². The van der Waals surface area contributed by atoms with Gasteiger partial charge in [0, 0.05) is 11.5 Å². The minimum atomic E-state index is 0.0221. The number of nitrogens with one attached hydrogen (secondary N) is 1. The molecule has 2 aliphatic rings. The first-order valence-corrected chi connectivity index (χ1v) is 7.35. The second-order valence-corrected chi connectivity index (χ2v) is 6.02. The van der Waals surface area contributed by atoms with Crippen LogP contribution in [0.2, 0.25) is 0 Å². The van der Waals surface area contributed by atoms with Crippen molar-refractivity contribution >= 4 is 5.78 Å². The van der Waals surface area contributed by atoms with Crippen molar-refractivity contribution in [2.75, 3.05) is 6.54 Å². The number of furan rings is 1. The Morgan fingerprint density at radius 1 is 1.55 bits per heavy atom. The fourth-order valence-corrected chi connectivity index (χ4v) is 3.45. The molecule has 0 spiro atoms. The summed E-state index contributed by atoms with van der Waals surface area (Å²) in [6, 6.07) is 1.72. The first-order chi connectivity index (χ1) is 9.69. The molecule has 2 aliphatic carbocycles. The molecule has 1 saturated carbocycles. The van der Waals surface area contributed by atoms with Gasteiger partial charge < -0.3 is 9.73 Å². The molecule has 3 nitrogen and oxygen atoms in total. The normalized spacial score (nSPS) is 28.9. The highest BCUT2D eigenvalue weighted by Crippen LogP contribution is 2.41. The van der Waals surface area contributed by atoms with E-state index in [9.17, 15) is 4.79 Å². The van der Waals surface area contributed by atoms with E-state index in [0.29, 0.717) is 18.0 Å². The van der Waals surface area contributed by atoms with Gasteiger partial charge in [-0.05, 0) is 38.7 Å². The third-order valence-corrected chi connectivity index (χ3v) is 4.69. The number of carbonyl (C=O) groups is 1. The number of hydrogen-bond acceptors (Lipinski definition) is 3. The Bertz CT molecular complexity index is 541. The molecule has 0 radical (unpaired) electrons. The van der Waals surface area contributed by atoms with Crippen LogP contribution in [0.4, 0.5) is 0 Å². The SMILES string of the molecule is C[C@]1(NCC(=O)c2ccoc2)CCCC2=CC=CCC21. The maximum Gasteiger partial charge on any atom is 0.179 e. The maximum absolute atomic E-state index is 12.1. The van der Waals surface area contributed by atoms with Crippen molar-refractivity contribution in [3.05, 3.63) is 48.0 Å². The summed E-state index contributed by atoms with van der Waals surface area (Å²) in [5, 5.41) is 3.52. The van der Waals surface area contributed by atoms with E-state index in [1.165, 1.54) is 24.7 Å². The fraction of sp³-hybridized carbons (Fsp3) is 0.471. The monoisotopic (exact) mass is 271 g/mol. The highest BCUT2D eigenvalue weighted by Gasteiger charge is 2.38. The fourth-order valence-electron chi connectivity index (χ4n) is 3.45. The average Bonchev–Trinajstić information content (AvgIpc) is 3.00. The van der Waals surface area contributed by atoms with Crippen LogP contribution in [0.5, 0.6) is 0 Å². The van der Waals surface area contributed by atoms with Crippen LogP contribution in [-0.2, 0) is 0 Å². The summed E-state index contributed by atoms with van der Waals surface area (Å²) < 4.78 is 4.97. The van der Waals surface area contributed by atoms with Crippen molar-refractivity contribution in [2.24, 2.45) is 5.92 Å². The number of Topliss-reactive ketones (excluding diaryl/α,β-unsaturated/α-hetero) is 1. The summed E-state index contributed by atoms with van der Waals surface area (Å²) in [5.74, 6) is 0.626. The molecule has 1 N–H and O–H groups in total. The molecule has 0 bridgehead atoms. The standard InChI is InChI=1S/C17H21NO2/c1-17(18-11-16(19)14-8-10-20-12-14)9-4-6-13-5-2-3-7-15(13)17/h2-3,5,8,10,12,15,18H,4,6-7,9,11H2,1H3/t15?,17-/m0/s1. The molecule has 1 fully saturated rings. The quantitative estimate of drug-likeness (QED) is 0.852. The van der Waals surface area contributed by atoms with Gasteiger partial charge in [0.2, 0.25) is 0 Å². The Balaban J connectivity index is 1.68. The molecule has 2 atom stereocenters. The molecule has 3 rings (SSSR count). The summed E-state index contributed by atoms with van der Waals surface area (Å²) in [6.07, 6.45) is 14.3. The lowest BCUT2D eigenvalue weighted by Gasteiger charge is -2.44. The minimum absolute atomic E-state index is 0.0221. The predicted octanol–water partition coefficient (Wildman–Crippen LogP) is 3.50. The molecule has 3 heteroatoms. The Morgan fingerprint density at radius 2 is 2.45 bits per heavy atom. The van der Waals surface area contributed by atoms with Crippen molar-refractivity contribution in [3.8, 4) is 0 Å². The molecule has 1 aromatic heterocycles. The molecule has 20 heavy (non-hydrogen) atoms. The van der Waals surface area contributed by atoms with Crippen molar-refractivity contribution in [2.45, 2.75) is 38.1 Å². The van der Waals surface area contributed by atoms with Gasteiger partial charge in [0.25, 0.3) is 0 Å². The second-order valence-electron chi connectivity index (χ2n) is 6.02. The summed E-state index contributed by atoms with van der Waals surface area (Å²) in [5.41, 5.74) is 2.20. The van der Waals surface area contributed by atoms with E-state index in [-0.39, 0.29) is 11.3 Å². The van der Waals surface area contributed by atoms with Crippen molar-refractivity contribution < 1.29 is 9.21 Å². The van der Waals surface area contributed by atoms with Crippen molar-refractivity contribution in [1.82, 2.24) is 5.32 Å². The zero-order valence-corrected chi connectivity index (χ0v) is 11.9. The van der Waals surface area contributed by atoms with Crippen LogP contribution < -0.4 is 5.32 Å². The topological polar surface area (TPSA) is 42.2 Å². The van der Waals surface area contributed by atoms with Gasteiger partial charge in [-0.1, -0.05) is 23.8 Å². The Labute approximate surface area is 119 Å². The number of carbonyl (C=O) groups excluding carboxylic acids is 1. The molecule has 0 aromatic carbocycles. The smallest absolute Gasteiger partial charge is 0.179 e. The lowest BCUT2D eigenvalue weighted by Crippen LogP contribution is -2.53. The van der Waals surface area contributed by atoms with Crippen LogP contribution in [0.1, 0.15) is 43.0 Å². The molecule has 106 valence electrons. The third-order valence-electron chi connectivity index (χ3n) is 4.69. The van der Waals surface area contributed by atoms with Crippen LogP contribution in [0.3, 0.4) is 0 Å². The van der Waals surface area contributed by atoms with Crippen LogP contribution in [0.25, 0.3) is 0 Å². The van der Waals surface area contributed by atoms with Gasteiger partial charge in [-0.25, -0.2) is 0 Å². The van der Waals surface area contributed by atoms with Crippen molar-refractivity contribution in [3.63, 3.8) is 0 Å². The summed E-state index contributed by atoms with van der Waals surface area (Å²) in [7, 11) is 0. The van der Waals surface area contributed by atoms with E-state index in [4.69, 9.17) is 4.42 Å². The van der Waals surface area contributed by atoms with Gasteiger partial charge in [-0.15, -0.1) is 0 Å². The summed E-state index contributed by atoms with van der Waals surface area (Å²) in [4.78, 5) is 12.1. The third kappa shape index (κ3) is 2.50. The van der Waals surface area contributed by atoms with E-state index in [0.717, 1.165) is 12.8 Å². The summed E-state index contributed by atoms with van der Waals surface area (Å²) in [6.45, 7) is 2.63. The van der Waals surface area contributed by atoms with Gasteiger partial charge in [0.05, 0.1) is 18.4 Å². The molecular formula is C17H21NO2. The highest BCUT2D eigenvalue weighted by molar-refractivity contribution is 5.97. The first-order valence-electron chi connectivity index (χ1n) is 7.35. The minimum Gasteiger partial charge on any atom is -0.472 e. The van der Waals surface area contributed by atoms with Crippen LogP contribution in [0, 0.1) is 5.92 Å². The van der Waals surface area contributed by atoms with Gasteiger partial charge in [-0.3, -0.25) is 4.79 Å². The molecule has 0 aliphatic heterocycles. The molecular weight excluding hydrogens is 250 g/mol. The number of hydrogen-bond donors (Lipinski definition) is 1. The van der Waals surface area contributed by atoms with E-state index >= 15 is 0 Å². The Hall–Kier alpha value is -1.61. The molecule has 0 amide bonds. The van der Waals surface area contributed by atoms with Crippen LogP contribution in [-0.4, -0.2) is 17.9 Å². The highest BCUT2D eigenvalue weighted by atomic mass is 16.3. The largest absolute Gasteiger partial charge is 0.472 e. The number of allylic oxidation sites excluding steroid dienone is 3. The van der Waals surface area contributed by atoms with Gasteiger partial charge in [0.15, 0.2) is 5.78 Å². The van der Waals surface area contributed by atoms with E-state index in [1.54, 1.807) is 12.3 Å². The summed E-state index contributed by atoms with van der Waals surface area (Å²) >= 11 is 0. The van der Waals surface area contributed by atoms with E-state index in [1.807, 2.05) is 0 Å². The van der Waals surface area contributed by atoms with Crippen molar-refractivity contribution in [1.29, 1.82) is 0 Å². The van der Waals surface area contributed by atoms with Gasteiger partial charge >= 0.3 is 0 Å². The molecule has 1 aromatic rings. The zero-order valence-electron chi connectivity index (χ0n) is 11.9. The molecule has 1 heterocycles. The number of ketones is 1. The lowest BCUT2D eigenvalue weighted by atomic mass is 9.68. The number of rotatable bonds is 4. The van der Waals surface area contributed by atoms with Gasteiger partial charge in [-0.2, -0.15) is 0 Å². The molecule has 0 saturated heterocycles. The lowest BCUT2D eigenvalue weighted by molar-refractivity contribution is 0.0961. The van der Waals surface area contributed by atoms with Gasteiger partial charge in [0.1, 0.15) is 6.26 Å². The average molecular weight is 271 g/mol. The zero-order chi connectivity index (χ0) is 14.0. The van der Waals surface area contributed by atoms with E-state index in [2.05, 4.69) is 30.5 Å². The van der Waals surface area contributed by atoms with Crippen LogP contribution in [0.15, 0.2) is 46.8 Å².